The van der Waals surface area contributed by atoms with Crippen molar-refractivity contribution >= 4 is 11.8 Å². The highest BCUT2D eigenvalue weighted by Crippen LogP contribution is 2.18. The first-order chi connectivity index (χ1) is 8.76. The van der Waals surface area contributed by atoms with E-state index in [1.807, 2.05) is 18.2 Å². The van der Waals surface area contributed by atoms with E-state index in [-0.39, 0.29) is 6.61 Å². The maximum absolute atomic E-state index is 9.71. The average Bonchev–Trinajstić information content (AvgIpc) is 2.41. The molecule has 102 valence electrons. The largest absolute Gasteiger partial charge is 0.497 e. The number of aliphatic hydroxyl groups is 1. The first-order valence-corrected chi connectivity index (χ1v) is 7.30. The maximum Gasteiger partial charge on any atom is 0.123 e. The lowest BCUT2D eigenvalue weighted by molar-refractivity contribution is 0.107. The molecule has 0 saturated carbocycles. The first-order valence-electron chi connectivity index (χ1n) is 5.91. The second-order valence-corrected chi connectivity index (χ2v) is 4.83. The van der Waals surface area contributed by atoms with Gasteiger partial charge in [0.2, 0.25) is 0 Å². The van der Waals surface area contributed by atoms with Crippen molar-refractivity contribution in [1.29, 1.82) is 0 Å². The average molecular weight is 271 g/mol. The SMILES string of the molecule is COc1cccc(OCC(O)CNCCSC)c1. The fourth-order valence-electron chi connectivity index (χ4n) is 1.39. The molecular formula is C13H21NO3S. The topological polar surface area (TPSA) is 50.7 Å². The predicted molar refractivity (Wildman–Crippen MR) is 75.7 cm³/mol. The van der Waals surface area contributed by atoms with Crippen molar-refractivity contribution in [3.63, 3.8) is 0 Å². The molecule has 0 aromatic heterocycles. The molecule has 0 bridgehead atoms. The van der Waals surface area contributed by atoms with Gasteiger partial charge in [0.05, 0.1) is 7.11 Å². The molecule has 1 atom stereocenters. The minimum absolute atomic E-state index is 0.277. The number of rotatable bonds is 9. The second kappa shape index (κ2) is 9.08. The normalized spacial score (nSPS) is 12.2. The Hall–Kier alpha value is -0.910. The van der Waals surface area contributed by atoms with Crippen molar-refractivity contribution in [1.82, 2.24) is 5.32 Å². The Bertz CT molecular complexity index is 336. The van der Waals surface area contributed by atoms with Crippen LogP contribution in [0, 0.1) is 0 Å². The number of thioether (sulfide) groups is 1. The molecule has 1 unspecified atom stereocenters. The third-order valence-corrected chi connectivity index (χ3v) is 2.96. The van der Waals surface area contributed by atoms with Gasteiger partial charge in [0.25, 0.3) is 0 Å². The van der Waals surface area contributed by atoms with Crippen molar-refractivity contribution in [3.8, 4) is 11.5 Å². The summed E-state index contributed by atoms with van der Waals surface area (Å²) in [6.45, 7) is 1.72. The van der Waals surface area contributed by atoms with E-state index in [9.17, 15) is 5.11 Å². The molecule has 1 rings (SSSR count). The van der Waals surface area contributed by atoms with Crippen molar-refractivity contribution in [2.45, 2.75) is 6.10 Å². The zero-order valence-corrected chi connectivity index (χ0v) is 11.7. The molecule has 0 fully saturated rings. The molecule has 0 aliphatic carbocycles. The van der Waals surface area contributed by atoms with E-state index < -0.39 is 6.10 Å². The predicted octanol–water partition coefficient (Wildman–Crippen LogP) is 1.39. The van der Waals surface area contributed by atoms with Gasteiger partial charge in [0.15, 0.2) is 0 Å². The van der Waals surface area contributed by atoms with Crippen LogP contribution in [0.2, 0.25) is 0 Å². The van der Waals surface area contributed by atoms with Gasteiger partial charge in [-0.15, -0.1) is 0 Å². The number of methoxy groups -OCH3 is 1. The third-order valence-electron chi connectivity index (χ3n) is 2.35. The summed E-state index contributed by atoms with van der Waals surface area (Å²) in [6.07, 6.45) is 1.56. The summed E-state index contributed by atoms with van der Waals surface area (Å²) in [7, 11) is 1.61. The van der Waals surface area contributed by atoms with Crippen LogP contribution in [0.1, 0.15) is 0 Å². The number of hydrogen-bond acceptors (Lipinski definition) is 5. The van der Waals surface area contributed by atoms with E-state index in [1.165, 1.54) is 0 Å². The number of ether oxygens (including phenoxy) is 2. The van der Waals surface area contributed by atoms with Crippen LogP contribution in [0.5, 0.6) is 11.5 Å². The number of hydrogen-bond donors (Lipinski definition) is 2. The molecule has 2 N–H and O–H groups in total. The van der Waals surface area contributed by atoms with E-state index in [0.717, 1.165) is 18.0 Å². The van der Waals surface area contributed by atoms with Crippen LogP contribution in [-0.4, -0.2) is 50.0 Å². The second-order valence-electron chi connectivity index (χ2n) is 3.84. The maximum atomic E-state index is 9.71. The van der Waals surface area contributed by atoms with Gasteiger partial charge in [-0.25, -0.2) is 0 Å². The third kappa shape index (κ3) is 6.14. The van der Waals surface area contributed by atoms with Crippen LogP contribution in [0.25, 0.3) is 0 Å². The summed E-state index contributed by atoms with van der Waals surface area (Å²) in [6, 6.07) is 7.36. The number of nitrogens with one attached hydrogen (secondary N) is 1. The Morgan fingerprint density at radius 1 is 1.39 bits per heavy atom. The Labute approximate surface area is 113 Å². The quantitative estimate of drug-likeness (QED) is 0.665. The lowest BCUT2D eigenvalue weighted by Gasteiger charge is -2.13. The van der Waals surface area contributed by atoms with E-state index in [4.69, 9.17) is 9.47 Å². The molecule has 1 aromatic rings. The fourth-order valence-corrected chi connectivity index (χ4v) is 1.73. The lowest BCUT2D eigenvalue weighted by Crippen LogP contribution is -2.32. The molecule has 0 spiro atoms. The van der Waals surface area contributed by atoms with E-state index in [1.54, 1.807) is 24.9 Å². The molecule has 0 heterocycles. The Morgan fingerprint density at radius 2 is 2.17 bits per heavy atom. The molecule has 1 aromatic carbocycles. The highest BCUT2D eigenvalue weighted by molar-refractivity contribution is 7.98. The summed E-state index contributed by atoms with van der Waals surface area (Å²) in [5.74, 6) is 2.50. The standard InChI is InChI=1S/C13H21NO3S/c1-16-12-4-3-5-13(8-12)17-10-11(15)9-14-6-7-18-2/h3-5,8,11,14-15H,6-7,9-10H2,1-2H3. The summed E-state index contributed by atoms with van der Waals surface area (Å²) in [5, 5.41) is 12.9. The van der Waals surface area contributed by atoms with Crippen LogP contribution in [0.15, 0.2) is 24.3 Å². The van der Waals surface area contributed by atoms with Crippen LogP contribution in [0.3, 0.4) is 0 Å². The highest BCUT2D eigenvalue weighted by atomic mass is 32.2. The van der Waals surface area contributed by atoms with Crippen molar-refractivity contribution in [2.75, 3.05) is 38.8 Å². The first kappa shape index (κ1) is 15.1. The highest BCUT2D eigenvalue weighted by Gasteiger charge is 2.05. The van der Waals surface area contributed by atoms with Gasteiger partial charge in [-0.3, -0.25) is 0 Å². The summed E-state index contributed by atoms with van der Waals surface area (Å²) in [5.41, 5.74) is 0. The molecule has 4 nitrogen and oxygen atoms in total. The summed E-state index contributed by atoms with van der Waals surface area (Å²) < 4.78 is 10.6. The molecule has 0 amide bonds. The van der Waals surface area contributed by atoms with Gasteiger partial charge < -0.3 is 19.9 Å². The zero-order chi connectivity index (χ0) is 13.2. The lowest BCUT2D eigenvalue weighted by atomic mass is 10.3. The minimum Gasteiger partial charge on any atom is -0.497 e. The molecule has 0 radical (unpaired) electrons. The molecule has 18 heavy (non-hydrogen) atoms. The van der Waals surface area contributed by atoms with Crippen LogP contribution in [-0.2, 0) is 0 Å². The zero-order valence-electron chi connectivity index (χ0n) is 10.9. The van der Waals surface area contributed by atoms with Crippen LogP contribution in [0.4, 0.5) is 0 Å². The molecular weight excluding hydrogens is 250 g/mol. The molecule has 0 aliphatic heterocycles. The Balaban J connectivity index is 2.22. The van der Waals surface area contributed by atoms with Gasteiger partial charge in [-0.05, 0) is 18.4 Å². The minimum atomic E-state index is -0.502. The Morgan fingerprint density at radius 3 is 2.89 bits per heavy atom. The van der Waals surface area contributed by atoms with Crippen molar-refractivity contribution in [2.24, 2.45) is 0 Å². The fraction of sp³-hybridized carbons (Fsp3) is 0.538. The van der Waals surface area contributed by atoms with Crippen molar-refractivity contribution in [3.05, 3.63) is 24.3 Å². The Kier molecular flexibility index (Phi) is 7.64. The molecule has 0 saturated heterocycles. The number of benzene rings is 1. The van der Waals surface area contributed by atoms with Gasteiger partial charge in [0.1, 0.15) is 24.2 Å². The molecule has 5 heteroatoms. The smallest absolute Gasteiger partial charge is 0.123 e. The van der Waals surface area contributed by atoms with Gasteiger partial charge >= 0.3 is 0 Å². The van der Waals surface area contributed by atoms with E-state index in [2.05, 4.69) is 11.6 Å². The monoisotopic (exact) mass is 271 g/mol. The van der Waals surface area contributed by atoms with Crippen LogP contribution < -0.4 is 14.8 Å². The van der Waals surface area contributed by atoms with E-state index in [0.29, 0.717) is 12.3 Å². The van der Waals surface area contributed by atoms with Gasteiger partial charge in [-0.1, -0.05) is 6.07 Å². The van der Waals surface area contributed by atoms with Gasteiger partial charge in [-0.2, -0.15) is 11.8 Å². The van der Waals surface area contributed by atoms with Crippen LogP contribution >= 0.6 is 11.8 Å². The van der Waals surface area contributed by atoms with Crippen molar-refractivity contribution < 1.29 is 14.6 Å². The summed E-state index contributed by atoms with van der Waals surface area (Å²) in [4.78, 5) is 0. The van der Waals surface area contributed by atoms with Gasteiger partial charge in [0, 0.05) is 24.9 Å². The summed E-state index contributed by atoms with van der Waals surface area (Å²) >= 11 is 1.78. The number of aliphatic hydroxyl groups excluding tert-OH is 1. The molecule has 0 aliphatic rings. The van der Waals surface area contributed by atoms with E-state index >= 15 is 0 Å².